The Balaban J connectivity index is 1.90. The van der Waals surface area contributed by atoms with Crippen molar-refractivity contribution < 1.29 is 23.5 Å². The number of hydrogen-bond acceptors (Lipinski definition) is 5. The quantitative estimate of drug-likeness (QED) is 0.499. The van der Waals surface area contributed by atoms with Crippen LogP contribution in [-0.4, -0.2) is 55.5 Å². The van der Waals surface area contributed by atoms with Gasteiger partial charge in [0.2, 0.25) is 5.91 Å². The number of carbonyl (C=O) groups excluding carboxylic acids is 3. The highest BCUT2D eigenvalue weighted by Crippen LogP contribution is 2.21. The second-order valence-electron chi connectivity index (χ2n) is 6.90. The van der Waals surface area contributed by atoms with E-state index < -0.39 is 23.6 Å². The number of carbonyl (C=O) groups is 3. The number of alkyl carbamates (subject to hydrolysis) is 1. The third kappa shape index (κ3) is 7.62. The fourth-order valence-electron chi connectivity index (χ4n) is 2.97. The molecule has 0 aliphatic heterocycles. The van der Waals surface area contributed by atoms with Crippen LogP contribution >= 0.6 is 11.6 Å². The lowest BCUT2D eigenvalue weighted by atomic mass is 9.98. The second-order valence-corrected chi connectivity index (χ2v) is 7.34. The predicted molar refractivity (Wildman–Crippen MR) is 120 cm³/mol. The summed E-state index contributed by atoms with van der Waals surface area (Å²) in [7, 11) is 0. The van der Waals surface area contributed by atoms with Gasteiger partial charge in [0.1, 0.15) is 19.0 Å². The van der Waals surface area contributed by atoms with Gasteiger partial charge in [0.15, 0.2) is 5.78 Å². The van der Waals surface area contributed by atoms with Gasteiger partial charge in [-0.25, -0.2) is 9.18 Å². The number of amides is 2. The number of nitrogens with one attached hydrogen (secondary N) is 2. The smallest absolute Gasteiger partial charge is 0.407 e. The molecule has 0 heterocycles. The van der Waals surface area contributed by atoms with Crippen LogP contribution in [0, 0.1) is 5.82 Å². The first-order valence-corrected chi connectivity index (χ1v) is 10.7. The van der Waals surface area contributed by atoms with E-state index in [1.54, 1.807) is 18.2 Å². The van der Waals surface area contributed by atoms with Crippen molar-refractivity contribution in [1.82, 2.24) is 15.5 Å². The number of nitrogens with zero attached hydrogens (tertiary/aromatic N) is 1. The van der Waals surface area contributed by atoms with Crippen LogP contribution in [0.4, 0.5) is 9.18 Å². The first kappa shape index (κ1) is 25.3. The first-order valence-electron chi connectivity index (χ1n) is 10.3. The van der Waals surface area contributed by atoms with Gasteiger partial charge < -0.3 is 20.3 Å². The Bertz CT molecular complexity index is 951. The highest BCUT2D eigenvalue weighted by Gasteiger charge is 2.18. The molecule has 172 valence electrons. The maximum Gasteiger partial charge on any atom is 0.407 e. The van der Waals surface area contributed by atoms with Gasteiger partial charge >= 0.3 is 6.09 Å². The van der Waals surface area contributed by atoms with Crippen LogP contribution in [0.25, 0.3) is 0 Å². The molecule has 0 aromatic heterocycles. The van der Waals surface area contributed by atoms with E-state index >= 15 is 0 Å². The van der Waals surface area contributed by atoms with Crippen LogP contribution in [-0.2, 0) is 16.1 Å². The van der Waals surface area contributed by atoms with Crippen molar-refractivity contribution in [2.45, 2.75) is 20.4 Å². The SMILES string of the molecule is CCN(CC)CCOC(=O)NCC(=O)NCc1ccc(Cl)cc1C(=O)c1ccccc1F. The number of hydrogen-bond donors (Lipinski definition) is 2. The van der Waals surface area contributed by atoms with Crippen LogP contribution in [0.2, 0.25) is 5.02 Å². The van der Waals surface area contributed by atoms with Crippen molar-refractivity contribution in [3.8, 4) is 0 Å². The molecule has 2 N–H and O–H groups in total. The summed E-state index contributed by atoms with van der Waals surface area (Å²) < 4.78 is 19.1. The van der Waals surface area contributed by atoms with E-state index in [-0.39, 0.29) is 30.8 Å². The Morgan fingerprint density at radius 1 is 1.03 bits per heavy atom. The van der Waals surface area contributed by atoms with Gasteiger partial charge in [-0.2, -0.15) is 0 Å². The zero-order chi connectivity index (χ0) is 23.5. The third-order valence-corrected chi connectivity index (χ3v) is 5.07. The fourth-order valence-corrected chi connectivity index (χ4v) is 3.14. The molecule has 9 heteroatoms. The Kier molecular flexibility index (Phi) is 10.1. The van der Waals surface area contributed by atoms with E-state index in [4.69, 9.17) is 16.3 Å². The van der Waals surface area contributed by atoms with Crippen molar-refractivity contribution in [3.05, 3.63) is 70.0 Å². The number of likely N-dealkylation sites (N-methyl/N-ethyl adjacent to an activating group) is 1. The van der Waals surface area contributed by atoms with Crippen molar-refractivity contribution in [3.63, 3.8) is 0 Å². The van der Waals surface area contributed by atoms with Gasteiger partial charge in [-0.05, 0) is 42.9 Å². The molecular weight excluding hydrogens is 437 g/mol. The molecule has 2 amide bonds. The van der Waals surface area contributed by atoms with E-state index in [1.165, 1.54) is 24.3 Å². The molecule has 0 atom stereocenters. The molecule has 0 fully saturated rings. The molecule has 0 aliphatic carbocycles. The highest BCUT2D eigenvalue weighted by atomic mass is 35.5. The Morgan fingerprint density at radius 2 is 1.75 bits per heavy atom. The molecule has 0 unspecified atom stereocenters. The van der Waals surface area contributed by atoms with Crippen LogP contribution < -0.4 is 10.6 Å². The summed E-state index contributed by atoms with van der Waals surface area (Å²) in [6, 6.07) is 10.2. The molecule has 2 aromatic rings. The number of ether oxygens (including phenoxy) is 1. The van der Waals surface area contributed by atoms with Crippen molar-refractivity contribution in [1.29, 1.82) is 0 Å². The highest BCUT2D eigenvalue weighted by molar-refractivity contribution is 6.31. The predicted octanol–water partition coefficient (Wildman–Crippen LogP) is 3.39. The van der Waals surface area contributed by atoms with E-state index in [1.807, 2.05) is 13.8 Å². The van der Waals surface area contributed by atoms with E-state index in [0.717, 1.165) is 13.1 Å². The van der Waals surface area contributed by atoms with Gasteiger partial charge in [-0.3, -0.25) is 9.59 Å². The largest absolute Gasteiger partial charge is 0.448 e. The maximum atomic E-state index is 14.0. The van der Waals surface area contributed by atoms with E-state index in [2.05, 4.69) is 15.5 Å². The van der Waals surface area contributed by atoms with Crippen molar-refractivity contribution in [2.75, 3.05) is 32.8 Å². The zero-order valence-electron chi connectivity index (χ0n) is 18.1. The summed E-state index contributed by atoms with van der Waals surface area (Å²) in [6.45, 7) is 6.31. The molecule has 7 nitrogen and oxygen atoms in total. The van der Waals surface area contributed by atoms with Crippen LogP contribution in [0.1, 0.15) is 35.3 Å². The number of rotatable bonds is 11. The molecule has 32 heavy (non-hydrogen) atoms. The van der Waals surface area contributed by atoms with E-state index in [9.17, 15) is 18.8 Å². The summed E-state index contributed by atoms with van der Waals surface area (Å²) >= 11 is 6.02. The lowest BCUT2D eigenvalue weighted by molar-refractivity contribution is -0.120. The Morgan fingerprint density at radius 3 is 2.44 bits per heavy atom. The average molecular weight is 464 g/mol. The minimum absolute atomic E-state index is 0.00418. The zero-order valence-corrected chi connectivity index (χ0v) is 18.9. The maximum absolute atomic E-state index is 14.0. The fraction of sp³-hybridized carbons (Fsp3) is 0.348. The van der Waals surface area contributed by atoms with Crippen molar-refractivity contribution >= 4 is 29.4 Å². The van der Waals surface area contributed by atoms with Gasteiger partial charge in [0.25, 0.3) is 0 Å². The summed E-state index contributed by atoms with van der Waals surface area (Å²) in [6.07, 6.45) is -0.686. The van der Waals surface area contributed by atoms with Gasteiger partial charge in [-0.1, -0.05) is 43.6 Å². The van der Waals surface area contributed by atoms with Crippen LogP contribution in [0.3, 0.4) is 0 Å². The molecule has 0 spiro atoms. The molecule has 0 bridgehead atoms. The lowest BCUT2D eigenvalue weighted by Gasteiger charge is -2.17. The standard InChI is InChI=1S/C23H27ClFN3O4/c1-3-28(4-2)11-12-32-23(31)27-15-21(29)26-14-16-9-10-17(24)13-19(16)22(30)18-7-5-6-8-20(18)25/h5-10,13H,3-4,11-12,14-15H2,1-2H3,(H,26,29)(H,27,31). The molecule has 2 aromatic carbocycles. The Hall–Kier alpha value is -2.97. The van der Waals surface area contributed by atoms with Gasteiger partial charge in [0.05, 0.1) is 5.56 Å². The molecule has 0 saturated heterocycles. The summed E-state index contributed by atoms with van der Waals surface area (Å²) in [5.74, 6) is -1.65. The van der Waals surface area contributed by atoms with E-state index in [0.29, 0.717) is 17.1 Å². The third-order valence-electron chi connectivity index (χ3n) is 4.84. The minimum atomic E-state index is -0.686. The van der Waals surface area contributed by atoms with Crippen molar-refractivity contribution in [2.24, 2.45) is 0 Å². The topological polar surface area (TPSA) is 87.7 Å². The first-order chi connectivity index (χ1) is 15.3. The Labute approximate surface area is 191 Å². The minimum Gasteiger partial charge on any atom is -0.448 e. The summed E-state index contributed by atoms with van der Waals surface area (Å²) in [4.78, 5) is 38.7. The number of benzene rings is 2. The van der Waals surface area contributed by atoms with Gasteiger partial charge in [-0.15, -0.1) is 0 Å². The molecular formula is C23H27ClFN3O4. The monoisotopic (exact) mass is 463 g/mol. The molecule has 2 rings (SSSR count). The van der Waals surface area contributed by atoms with Gasteiger partial charge in [0, 0.05) is 23.7 Å². The summed E-state index contributed by atoms with van der Waals surface area (Å²) in [5, 5.41) is 5.31. The molecule has 0 radical (unpaired) electrons. The van der Waals surface area contributed by atoms with Crippen LogP contribution in [0.15, 0.2) is 42.5 Å². The lowest BCUT2D eigenvalue weighted by Crippen LogP contribution is -2.38. The molecule has 0 saturated carbocycles. The van der Waals surface area contributed by atoms with Crippen LogP contribution in [0.5, 0.6) is 0 Å². The summed E-state index contributed by atoms with van der Waals surface area (Å²) in [5.41, 5.74) is 0.570. The average Bonchev–Trinajstić information content (AvgIpc) is 2.79. The normalized spacial score (nSPS) is 10.7. The number of ketones is 1. The second kappa shape index (κ2) is 12.8. The number of halogens is 2. The molecule has 0 aliphatic rings.